The molecule has 0 spiro atoms. The van der Waals surface area contributed by atoms with E-state index >= 15 is 0 Å². The first kappa shape index (κ1) is 21.2. The zero-order valence-electron chi connectivity index (χ0n) is 17.8. The first-order chi connectivity index (χ1) is 14.0. The van der Waals surface area contributed by atoms with E-state index < -0.39 is 0 Å². The monoisotopic (exact) mass is 392 g/mol. The third-order valence-corrected chi connectivity index (χ3v) is 5.36. The number of hydrogen-bond donors (Lipinski definition) is 1. The molecule has 0 radical (unpaired) electrons. The van der Waals surface area contributed by atoms with E-state index in [1.807, 2.05) is 12.1 Å². The largest absolute Gasteiger partial charge is 0.297 e. The van der Waals surface area contributed by atoms with E-state index in [0.717, 1.165) is 38.3 Å². The predicted octanol–water partition coefficient (Wildman–Crippen LogP) is 3.39. The maximum absolute atomic E-state index is 12.2. The van der Waals surface area contributed by atoms with Gasteiger partial charge < -0.3 is 0 Å². The van der Waals surface area contributed by atoms with Crippen molar-refractivity contribution in [2.45, 2.75) is 33.2 Å². The molecule has 0 atom stereocenters. The second kappa shape index (κ2) is 10.3. The fourth-order valence-electron chi connectivity index (χ4n) is 3.44. The van der Waals surface area contributed by atoms with Gasteiger partial charge in [-0.15, -0.1) is 0 Å². The molecule has 3 rings (SSSR count). The first-order valence-electron chi connectivity index (χ1n) is 10.4. The summed E-state index contributed by atoms with van der Waals surface area (Å²) in [5, 5.41) is 4.10. The van der Waals surface area contributed by atoms with E-state index in [2.05, 4.69) is 77.5 Å². The minimum absolute atomic E-state index is 0.0629. The number of carbonyl (C=O) groups is 1. The molecule has 0 saturated carbocycles. The quantitative estimate of drug-likeness (QED) is 0.580. The van der Waals surface area contributed by atoms with Crippen LogP contribution in [-0.2, 0) is 11.3 Å². The Balaban J connectivity index is 1.37. The van der Waals surface area contributed by atoms with Gasteiger partial charge in [0.05, 0.1) is 12.8 Å². The number of aryl methyl sites for hydroxylation is 1. The number of nitrogens with one attached hydrogen (secondary N) is 1. The summed E-state index contributed by atoms with van der Waals surface area (Å²) in [5.74, 6) is 0.449. The fourth-order valence-corrected chi connectivity index (χ4v) is 3.44. The average Bonchev–Trinajstić information content (AvgIpc) is 2.71. The number of hydrazone groups is 1. The molecule has 5 heteroatoms. The van der Waals surface area contributed by atoms with E-state index in [9.17, 15) is 4.79 Å². The molecule has 29 heavy (non-hydrogen) atoms. The van der Waals surface area contributed by atoms with Gasteiger partial charge >= 0.3 is 0 Å². The molecule has 1 aliphatic heterocycles. The number of amides is 1. The standard InChI is InChI=1S/C24H32N4O/c1-19(2)23-10-8-21(9-11-23)16-25-26-24(29)18-28-14-12-27(13-15-28)17-22-6-4-20(3)5-7-22/h4-11,16,19H,12-15,17-18H2,1-3H3,(H,26,29)/b25-16-. The minimum atomic E-state index is -0.0629. The van der Waals surface area contributed by atoms with Crippen molar-refractivity contribution in [1.29, 1.82) is 0 Å². The van der Waals surface area contributed by atoms with Crippen molar-refractivity contribution < 1.29 is 4.79 Å². The predicted molar refractivity (Wildman–Crippen MR) is 119 cm³/mol. The van der Waals surface area contributed by atoms with E-state index in [-0.39, 0.29) is 5.91 Å². The lowest BCUT2D eigenvalue weighted by Gasteiger charge is -2.34. The summed E-state index contributed by atoms with van der Waals surface area (Å²) >= 11 is 0. The highest BCUT2D eigenvalue weighted by molar-refractivity contribution is 5.83. The number of carbonyl (C=O) groups excluding carboxylic acids is 1. The third kappa shape index (κ3) is 6.80. The summed E-state index contributed by atoms with van der Waals surface area (Å²) in [6.45, 7) is 11.6. The molecule has 0 bridgehead atoms. The van der Waals surface area contributed by atoms with Crippen LogP contribution in [-0.4, -0.2) is 54.6 Å². The lowest BCUT2D eigenvalue weighted by atomic mass is 10.0. The van der Waals surface area contributed by atoms with E-state index in [1.165, 1.54) is 16.7 Å². The van der Waals surface area contributed by atoms with Gasteiger partial charge in [-0.05, 0) is 29.5 Å². The number of rotatable bonds is 7. The second-order valence-corrected chi connectivity index (χ2v) is 8.15. The van der Waals surface area contributed by atoms with Gasteiger partial charge in [-0.1, -0.05) is 67.9 Å². The number of nitrogens with zero attached hydrogens (tertiary/aromatic N) is 3. The van der Waals surface area contributed by atoms with Crippen molar-refractivity contribution in [3.05, 3.63) is 70.8 Å². The molecule has 0 unspecified atom stereocenters. The molecular weight excluding hydrogens is 360 g/mol. The highest BCUT2D eigenvalue weighted by atomic mass is 16.2. The van der Waals surface area contributed by atoms with Gasteiger partial charge in [0.25, 0.3) is 5.91 Å². The van der Waals surface area contributed by atoms with Gasteiger partial charge in [-0.25, -0.2) is 5.43 Å². The molecular formula is C24H32N4O. The summed E-state index contributed by atoms with van der Waals surface area (Å²) < 4.78 is 0. The van der Waals surface area contributed by atoms with Crippen molar-refractivity contribution in [3.63, 3.8) is 0 Å². The lowest BCUT2D eigenvalue weighted by Crippen LogP contribution is -2.48. The molecule has 1 fully saturated rings. The molecule has 1 amide bonds. The Morgan fingerprint density at radius 3 is 2.24 bits per heavy atom. The van der Waals surface area contributed by atoms with Gasteiger partial charge in [-0.2, -0.15) is 5.10 Å². The van der Waals surface area contributed by atoms with Gasteiger partial charge in [0.15, 0.2) is 0 Å². The van der Waals surface area contributed by atoms with Gasteiger partial charge in [0.1, 0.15) is 0 Å². The van der Waals surface area contributed by atoms with E-state index in [0.29, 0.717) is 12.5 Å². The van der Waals surface area contributed by atoms with Crippen LogP contribution in [0.3, 0.4) is 0 Å². The molecule has 154 valence electrons. The van der Waals surface area contributed by atoms with Crippen LogP contribution in [0.25, 0.3) is 0 Å². The Kier molecular flexibility index (Phi) is 7.55. The molecule has 1 saturated heterocycles. The Bertz CT molecular complexity index is 804. The van der Waals surface area contributed by atoms with Gasteiger partial charge in [-0.3, -0.25) is 14.6 Å². The summed E-state index contributed by atoms with van der Waals surface area (Å²) in [5.41, 5.74) is 7.57. The molecule has 2 aromatic carbocycles. The second-order valence-electron chi connectivity index (χ2n) is 8.15. The van der Waals surface area contributed by atoms with E-state index in [4.69, 9.17) is 0 Å². The highest BCUT2D eigenvalue weighted by Crippen LogP contribution is 2.14. The molecule has 0 aromatic heterocycles. The lowest BCUT2D eigenvalue weighted by molar-refractivity contribution is -0.122. The topological polar surface area (TPSA) is 47.9 Å². The number of benzene rings is 2. The van der Waals surface area contributed by atoms with Crippen LogP contribution in [0.5, 0.6) is 0 Å². The van der Waals surface area contributed by atoms with E-state index in [1.54, 1.807) is 6.21 Å². The van der Waals surface area contributed by atoms with Crippen molar-refractivity contribution in [3.8, 4) is 0 Å². The van der Waals surface area contributed by atoms with Gasteiger partial charge in [0.2, 0.25) is 0 Å². The highest BCUT2D eigenvalue weighted by Gasteiger charge is 2.18. The number of piperazine rings is 1. The molecule has 1 N–H and O–H groups in total. The molecule has 5 nitrogen and oxygen atoms in total. The zero-order chi connectivity index (χ0) is 20.6. The summed E-state index contributed by atoms with van der Waals surface area (Å²) in [6.07, 6.45) is 1.70. The Labute approximate surface area is 174 Å². The SMILES string of the molecule is Cc1ccc(CN2CCN(CC(=O)N/N=C\c3ccc(C(C)C)cc3)CC2)cc1. The van der Waals surface area contributed by atoms with Crippen LogP contribution in [0.4, 0.5) is 0 Å². The first-order valence-corrected chi connectivity index (χ1v) is 10.4. The van der Waals surface area contributed by atoms with Crippen LogP contribution < -0.4 is 5.43 Å². The Hall–Kier alpha value is -2.50. The molecule has 2 aromatic rings. The summed E-state index contributed by atoms with van der Waals surface area (Å²) in [6, 6.07) is 17.0. The van der Waals surface area contributed by atoms with Crippen LogP contribution in [0.15, 0.2) is 53.6 Å². The van der Waals surface area contributed by atoms with Crippen LogP contribution >= 0.6 is 0 Å². The molecule has 1 heterocycles. The summed E-state index contributed by atoms with van der Waals surface area (Å²) in [7, 11) is 0. The zero-order valence-corrected chi connectivity index (χ0v) is 17.8. The Morgan fingerprint density at radius 2 is 1.62 bits per heavy atom. The summed E-state index contributed by atoms with van der Waals surface area (Å²) in [4.78, 5) is 16.8. The maximum atomic E-state index is 12.2. The third-order valence-electron chi connectivity index (χ3n) is 5.36. The van der Waals surface area contributed by atoms with Crippen LogP contribution in [0, 0.1) is 6.92 Å². The van der Waals surface area contributed by atoms with Crippen LogP contribution in [0.2, 0.25) is 0 Å². The van der Waals surface area contributed by atoms with Crippen molar-refractivity contribution in [2.75, 3.05) is 32.7 Å². The van der Waals surface area contributed by atoms with Crippen molar-refractivity contribution in [1.82, 2.24) is 15.2 Å². The van der Waals surface area contributed by atoms with Crippen molar-refractivity contribution in [2.24, 2.45) is 5.10 Å². The number of hydrogen-bond acceptors (Lipinski definition) is 4. The van der Waals surface area contributed by atoms with Crippen LogP contribution in [0.1, 0.15) is 42.0 Å². The molecule has 0 aliphatic carbocycles. The molecule has 1 aliphatic rings. The van der Waals surface area contributed by atoms with Gasteiger partial charge in [0, 0.05) is 32.7 Å². The van der Waals surface area contributed by atoms with Crippen molar-refractivity contribution >= 4 is 12.1 Å². The average molecular weight is 393 g/mol. The smallest absolute Gasteiger partial charge is 0.254 e. The fraction of sp³-hybridized carbons (Fsp3) is 0.417. The Morgan fingerprint density at radius 1 is 1.00 bits per heavy atom. The maximum Gasteiger partial charge on any atom is 0.254 e. The normalized spacial score (nSPS) is 15.9. The minimum Gasteiger partial charge on any atom is -0.297 e.